The predicted molar refractivity (Wildman–Crippen MR) is 84.8 cm³/mol. The third-order valence-corrected chi connectivity index (χ3v) is 4.71. The second-order valence-electron chi connectivity index (χ2n) is 6.97. The fraction of sp³-hybridized carbons (Fsp3) is 0.667. The SMILES string of the molecule is CC1(C)CCC(CN)C(CCCOc2ccccc2)C1. The van der Waals surface area contributed by atoms with Crippen molar-refractivity contribution in [2.45, 2.75) is 46.0 Å². The van der Waals surface area contributed by atoms with Crippen LogP contribution in [0.5, 0.6) is 5.75 Å². The van der Waals surface area contributed by atoms with Crippen molar-refractivity contribution < 1.29 is 4.74 Å². The van der Waals surface area contributed by atoms with Crippen molar-refractivity contribution in [2.75, 3.05) is 13.2 Å². The van der Waals surface area contributed by atoms with E-state index in [0.29, 0.717) is 5.41 Å². The van der Waals surface area contributed by atoms with Gasteiger partial charge in [-0.15, -0.1) is 0 Å². The molecule has 20 heavy (non-hydrogen) atoms. The molecule has 1 aliphatic rings. The monoisotopic (exact) mass is 275 g/mol. The smallest absolute Gasteiger partial charge is 0.119 e. The maximum absolute atomic E-state index is 5.95. The average Bonchev–Trinajstić information content (AvgIpc) is 2.44. The number of para-hydroxylation sites is 1. The summed E-state index contributed by atoms with van der Waals surface area (Å²) in [6, 6.07) is 10.1. The van der Waals surface area contributed by atoms with Crippen molar-refractivity contribution in [3.63, 3.8) is 0 Å². The van der Waals surface area contributed by atoms with E-state index in [2.05, 4.69) is 13.8 Å². The van der Waals surface area contributed by atoms with Gasteiger partial charge in [-0.05, 0) is 68.0 Å². The molecule has 0 aromatic heterocycles. The zero-order valence-corrected chi connectivity index (χ0v) is 13.0. The molecule has 0 spiro atoms. The fourth-order valence-electron chi connectivity index (χ4n) is 3.49. The summed E-state index contributed by atoms with van der Waals surface area (Å²) in [4.78, 5) is 0. The number of ether oxygens (including phenoxy) is 1. The van der Waals surface area contributed by atoms with Gasteiger partial charge < -0.3 is 10.5 Å². The Morgan fingerprint density at radius 1 is 1.20 bits per heavy atom. The molecule has 2 heteroatoms. The van der Waals surface area contributed by atoms with E-state index in [1.165, 1.54) is 25.7 Å². The van der Waals surface area contributed by atoms with Crippen LogP contribution in [-0.2, 0) is 0 Å². The molecule has 0 bridgehead atoms. The van der Waals surface area contributed by atoms with Gasteiger partial charge >= 0.3 is 0 Å². The topological polar surface area (TPSA) is 35.2 Å². The minimum Gasteiger partial charge on any atom is -0.494 e. The first-order valence-corrected chi connectivity index (χ1v) is 7.99. The molecule has 2 atom stereocenters. The quantitative estimate of drug-likeness (QED) is 0.788. The Bertz CT molecular complexity index is 388. The van der Waals surface area contributed by atoms with E-state index in [4.69, 9.17) is 10.5 Å². The Balaban J connectivity index is 1.74. The van der Waals surface area contributed by atoms with Crippen molar-refractivity contribution in [2.24, 2.45) is 23.0 Å². The van der Waals surface area contributed by atoms with Gasteiger partial charge in [0.25, 0.3) is 0 Å². The van der Waals surface area contributed by atoms with Crippen molar-refractivity contribution in [1.29, 1.82) is 0 Å². The summed E-state index contributed by atoms with van der Waals surface area (Å²) in [5, 5.41) is 0. The van der Waals surface area contributed by atoms with Gasteiger partial charge in [0.05, 0.1) is 6.61 Å². The molecule has 1 aliphatic carbocycles. The van der Waals surface area contributed by atoms with E-state index in [-0.39, 0.29) is 0 Å². The van der Waals surface area contributed by atoms with E-state index < -0.39 is 0 Å². The minimum atomic E-state index is 0.497. The summed E-state index contributed by atoms with van der Waals surface area (Å²) in [6.07, 6.45) is 6.32. The van der Waals surface area contributed by atoms with E-state index in [1.807, 2.05) is 30.3 Å². The summed E-state index contributed by atoms with van der Waals surface area (Å²) in [6.45, 7) is 6.46. The fourth-order valence-corrected chi connectivity index (χ4v) is 3.49. The second-order valence-corrected chi connectivity index (χ2v) is 6.97. The molecule has 0 heterocycles. The summed E-state index contributed by atoms with van der Waals surface area (Å²) < 4.78 is 5.79. The molecular weight excluding hydrogens is 246 g/mol. The van der Waals surface area contributed by atoms with Crippen LogP contribution in [0.15, 0.2) is 30.3 Å². The van der Waals surface area contributed by atoms with Crippen molar-refractivity contribution in [3.8, 4) is 5.75 Å². The Hall–Kier alpha value is -1.02. The van der Waals surface area contributed by atoms with Crippen LogP contribution in [0.1, 0.15) is 46.0 Å². The normalized spacial score (nSPS) is 25.4. The number of rotatable bonds is 6. The van der Waals surface area contributed by atoms with E-state index >= 15 is 0 Å². The Morgan fingerprint density at radius 2 is 1.95 bits per heavy atom. The molecule has 0 amide bonds. The molecule has 0 aliphatic heterocycles. The molecule has 1 saturated carbocycles. The minimum absolute atomic E-state index is 0.497. The van der Waals surface area contributed by atoms with Gasteiger partial charge in [-0.1, -0.05) is 32.0 Å². The highest BCUT2D eigenvalue weighted by Gasteiger charge is 2.33. The molecule has 0 radical (unpaired) electrons. The number of benzene rings is 1. The predicted octanol–water partition coefficient (Wildman–Crippen LogP) is 4.25. The highest BCUT2D eigenvalue weighted by molar-refractivity contribution is 5.20. The maximum Gasteiger partial charge on any atom is 0.119 e. The summed E-state index contributed by atoms with van der Waals surface area (Å²) >= 11 is 0. The van der Waals surface area contributed by atoms with E-state index in [9.17, 15) is 0 Å². The lowest BCUT2D eigenvalue weighted by Crippen LogP contribution is -2.34. The Morgan fingerprint density at radius 3 is 2.65 bits per heavy atom. The molecule has 2 unspecified atom stereocenters. The van der Waals surface area contributed by atoms with E-state index in [1.54, 1.807) is 0 Å². The van der Waals surface area contributed by atoms with Gasteiger partial charge in [0.15, 0.2) is 0 Å². The second kappa shape index (κ2) is 7.12. The van der Waals surface area contributed by atoms with Crippen LogP contribution >= 0.6 is 0 Å². The Labute approximate surface area is 123 Å². The molecule has 1 fully saturated rings. The molecule has 2 rings (SSSR count). The van der Waals surface area contributed by atoms with Crippen molar-refractivity contribution in [1.82, 2.24) is 0 Å². The van der Waals surface area contributed by atoms with Crippen LogP contribution in [-0.4, -0.2) is 13.2 Å². The van der Waals surface area contributed by atoms with Crippen molar-refractivity contribution >= 4 is 0 Å². The molecule has 2 nitrogen and oxygen atoms in total. The molecular formula is C18H29NO. The number of nitrogens with two attached hydrogens (primary N) is 1. The first-order chi connectivity index (χ1) is 9.61. The maximum atomic E-state index is 5.95. The van der Waals surface area contributed by atoms with Gasteiger partial charge in [-0.25, -0.2) is 0 Å². The molecule has 0 saturated heterocycles. The van der Waals surface area contributed by atoms with Crippen LogP contribution in [0.25, 0.3) is 0 Å². The number of hydrogen-bond acceptors (Lipinski definition) is 2. The van der Waals surface area contributed by atoms with Gasteiger partial charge in [-0.2, -0.15) is 0 Å². The number of hydrogen-bond donors (Lipinski definition) is 1. The summed E-state index contributed by atoms with van der Waals surface area (Å²) in [7, 11) is 0. The largest absolute Gasteiger partial charge is 0.494 e. The van der Waals surface area contributed by atoms with E-state index in [0.717, 1.165) is 37.2 Å². The van der Waals surface area contributed by atoms with Gasteiger partial charge in [0, 0.05) is 0 Å². The zero-order chi connectivity index (χ0) is 14.4. The lowest BCUT2D eigenvalue weighted by molar-refractivity contribution is 0.109. The first-order valence-electron chi connectivity index (χ1n) is 7.99. The highest BCUT2D eigenvalue weighted by Crippen LogP contribution is 2.43. The van der Waals surface area contributed by atoms with Crippen LogP contribution in [0.3, 0.4) is 0 Å². The lowest BCUT2D eigenvalue weighted by Gasteiger charge is -2.40. The van der Waals surface area contributed by atoms with Crippen LogP contribution in [0.4, 0.5) is 0 Å². The third-order valence-electron chi connectivity index (χ3n) is 4.71. The molecule has 1 aromatic carbocycles. The van der Waals surface area contributed by atoms with Gasteiger partial charge in [0.2, 0.25) is 0 Å². The summed E-state index contributed by atoms with van der Waals surface area (Å²) in [5.74, 6) is 2.48. The van der Waals surface area contributed by atoms with Gasteiger partial charge in [0.1, 0.15) is 5.75 Å². The molecule has 2 N–H and O–H groups in total. The van der Waals surface area contributed by atoms with Crippen LogP contribution < -0.4 is 10.5 Å². The van der Waals surface area contributed by atoms with Crippen LogP contribution in [0.2, 0.25) is 0 Å². The molecule has 112 valence electrons. The molecule has 1 aromatic rings. The summed E-state index contributed by atoms with van der Waals surface area (Å²) in [5.41, 5.74) is 6.44. The zero-order valence-electron chi connectivity index (χ0n) is 13.0. The lowest BCUT2D eigenvalue weighted by atomic mass is 9.66. The first kappa shape index (κ1) is 15.4. The third kappa shape index (κ3) is 4.52. The standard InChI is InChI=1S/C18H29NO/c1-18(2)11-10-16(14-19)15(13-18)7-6-12-20-17-8-4-3-5-9-17/h3-5,8-9,15-16H,6-7,10-14,19H2,1-2H3. The average molecular weight is 275 g/mol. The Kier molecular flexibility index (Phi) is 5.47. The van der Waals surface area contributed by atoms with Crippen LogP contribution in [0, 0.1) is 17.3 Å². The van der Waals surface area contributed by atoms with Crippen molar-refractivity contribution in [3.05, 3.63) is 30.3 Å². The van der Waals surface area contributed by atoms with Gasteiger partial charge in [-0.3, -0.25) is 0 Å². The highest BCUT2D eigenvalue weighted by atomic mass is 16.5.